The summed E-state index contributed by atoms with van der Waals surface area (Å²) in [5.74, 6) is -0.0166. The van der Waals surface area contributed by atoms with Gasteiger partial charge in [-0.15, -0.1) is 0 Å². The van der Waals surface area contributed by atoms with Crippen LogP contribution in [0, 0.1) is 10.1 Å². The van der Waals surface area contributed by atoms with Crippen LogP contribution in [0.5, 0.6) is 0 Å². The van der Waals surface area contributed by atoms with Crippen molar-refractivity contribution in [1.29, 1.82) is 0 Å². The molecule has 0 fully saturated rings. The highest BCUT2D eigenvalue weighted by atomic mass is 35.5. The summed E-state index contributed by atoms with van der Waals surface area (Å²) in [6.45, 7) is 3.44. The normalized spacial score (nSPS) is 10.2. The Morgan fingerprint density at radius 1 is 1.47 bits per heavy atom. The van der Waals surface area contributed by atoms with Crippen molar-refractivity contribution in [3.05, 3.63) is 38.9 Å². The molecular formula is C12H16ClN3O3. The molecule has 1 aromatic carbocycles. The molecule has 0 saturated carbocycles. The van der Waals surface area contributed by atoms with Crippen molar-refractivity contribution in [2.24, 2.45) is 0 Å². The summed E-state index contributed by atoms with van der Waals surface area (Å²) in [6, 6.07) is 4.65. The van der Waals surface area contributed by atoms with Crippen molar-refractivity contribution < 1.29 is 9.72 Å². The van der Waals surface area contributed by atoms with Crippen molar-refractivity contribution >= 4 is 23.2 Å². The highest BCUT2D eigenvalue weighted by Crippen LogP contribution is 2.24. The first-order valence-corrected chi connectivity index (χ1v) is 6.32. The van der Waals surface area contributed by atoms with Gasteiger partial charge in [-0.05, 0) is 18.6 Å². The van der Waals surface area contributed by atoms with E-state index in [0.717, 1.165) is 5.56 Å². The molecule has 0 unspecified atom stereocenters. The van der Waals surface area contributed by atoms with Gasteiger partial charge in [0, 0.05) is 32.1 Å². The van der Waals surface area contributed by atoms with Crippen LogP contribution in [-0.2, 0) is 11.3 Å². The van der Waals surface area contributed by atoms with Crippen LogP contribution in [0.1, 0.15) is 18.9 Å². The average Bonchev–Trinajstić information content (AvgIpc) is 2.36. The predicted molar refractivity (Wildman–Crippen MR) is 73.1 cm³/mol. The lowest BCUT2D eigenvalue weighted by molar-refractivity contribution is -0.384. The van der Waals surface area contributed by atoms with E-state index in [1.807, 2.05) is 6.92 Å². The van der Waals surface area contributed by atoms with Gasteiger partial charge >= 0.3 is 0 Å². The predicted octanol–water partition coefficient (Wildman–Crippen LogP) is 1.86. The zero-order valence-electron chi connectivity index (χ0n) is 10.6. The number of hydrogen-bond donors (Lipinski definition) is 2. The van der Waals surface area contributed by atoms with Gasteiger partial charge in [-0.1, -0.05) is 17.7 Å². The number of halogens is 1. The maximum atomic E-state index is 11.2. The first-order valence-electron chi connectivity index (χ1n) is 5.94. The average molecular weight is 286 g/mol. The lowest BCUT2D eigenvalue weighted by Gasteiger charge is -2.05. The number of nitrogens with zero attached hydrogens (tertiary/aromatic N) is 1. The van der Waals surface area contributed by atoms with Crippen LogP contribution in [0.25, 0.3) is 0 Å². The molecule has 0 bridgehead atoms. The zero-order chi connectivity index (χ0) is 14.3. The SMILES string of the molecule is CCNC(=O)CCNCc1ccc(Cl)c([N+](=O)[O-])c1. The van der Waals surface area contributed by atoms with E-state index in [1.54, 1.807) is 6.07 Å². The van der Waals surface area contributed by atoms with Crippen molar-refractivity contribution in [2.75, 3.05) is 13.1 Å². The molecule has 0 heterocycles. The zero-order valence-corrected chi connectivity index (χ0v) is 11.4. The molecule has 6 nitrogen and oxygen atoms in total. The third-order valence-electron chi connectivity index (χ3n) is 2.44. The highest BCUT2D eigenvalue weighted by molar-refractivity contribution is 6.32. The number of rotatable bonds is 7. The molecule has 0 aromatic heterocycles. The number of nitro benzene ring substituents is 1. The van der Waals surface area contributed by atoms with Crippen molar-refractivity contribution in [1.82, 2.24) is 10.6 Å². The van der Waals surface area contributed by atoms with Gasteiger partial charge in [0.25, 0.3) is 5.69 Å². The number of benzene rings is 1. The van der Waals surface area contributed by atoms with Crippen LogP contribution in [0.4, 0.5) is 5.69 Å². The van der Waals surface area contributed by atoms with Gasteiger partial charge < -0.3 is 10.6 Å². The second kappa shape index (κ2) is 7.70. The summed E-state index contributed by atoms with van der Waals surface area (Å²) in [5.41, 5.74) is 0.650. The lowest BCUT2D eigenvalue weighted by atomic mass is 10.2. The Hall–Kier alpha value is -1.66. The third-order valence-corrected chi connectivity index (χ3v) is 2.76. The van der Waals surface area contributed by atoms with Gasteiger partial charge in [0.15, 0.2) is 0 Å². The van der Waals surface area contributed by atoms with Gasteiger partial charge in [0.1, 0.15) is 5.02 Å². The minimum absolute atomic E-state index is 0.0166. The van der Waals surface area contributed by atoms with Crippen LogP contribution >= 0.6 is 11.6 Å². The second-order valence-corrected chi connectivity index (χ2v) is 4.33. The maximum Gasteiger partial charge on any atom is 0.288 e. The summed E-state index contributed by atoms with van der Waals surface area (Å²) < 4.78 is 0. The van der Waals surface area contributed by atoms with E-state index >= 15 is 0 Å². The molecule has 1 aromatic rings. The Balaban J connectivity index is 2.44. The molecular weight excluding hydrogens is 270 g/mol. The van der Waals surface area contributed by atoms with Crippen molar-refractivity contribution in [3.8, 4) is 0 Å². The Kier molecular flexibility index (Phi) is 6.24. The van der Waals surface area contributed by atoms with Crippen LogP contribution in [0.2, 0.25) is 5.02 Å². The number of carbonyl (C=O) groups is 1. The topological polar surface area (TPSA) is 84.3 Å². The Labute approximate surface area is 116 Å². The molecule has 0 aliphatic rings. The fourth-order valence-electron chi connectivity index (χ4n) is 1.53. The third kappa shape index (κ3) is 5.23. The number of hydrogen-bond acceptors (Lipinski definition) is 4. The quantitative estimate of drug-likeness (QED) is 0.455. The molecule has 1 rings (SSSR count). The van der Waals surface area contributed by atoms with E-state index in [4.69, 9.17) is 11.6 Å². The fourth-order valence-corrected chi connectivity index (χ4v) is 1.71. The molecule has 0 aliphatic heterocycles. The molecule has 1 amide bonds. The van der Waals surface area contributed by atoms with Crippen LogP contribution in [0.3, 0.4) is 0 Å². The van der Waals surface area contributed by atoms with Gasteiger partial charge in [0.05, 0.1) is 4.92 Å². The van der Waals surface area contributed by atoms with Gasteiger partial charge in [-0.2, -0.15) is 0 Å². The number of amides is 1. The highest BCUT2D eigenvalue weighted by Gasteiger charge is 2.12. The van der Waals surface area contributed by atoms with Crippen LogP contribution in [0.15, 0.2) is 18.2 Å². The van der Waals surface area contributed by atoms with E-state index in [-0.39, 0.29) is 16.6 Å². The second-order valence-electron chi connectivity index (χ2n) is 3.92. The summed E-state index contributed by atoms with van der Waals surface area (Å²) in [7, 11) is 0. The van der Waals surface area contributed by atoms with E-state index < -0.39 is 4.92 Å². The molecule has 2 N–H and O–H groups in total. The Morgan fingerprint density at radius 2 is 2.21 bits per heavy atom. The molecule has 0 spiro atoms. The van der Waals surface area contributed by atoms with Crippen molar-refractivity contribution in [3.63, 3.8) is 0 Å². The first kappa shape index (κ1) is 15.4. The van der Waals surface area contributed by atoms with Crippen LogP contribution < -0.4 is 10.6 Å². The lowest BCUT2D eigenvalue weighted by Crippen LogP contribution is -2.27. The molecule has 0 atom stereocenters. The molecule has 0 radical (unpaired) electrons. The molecule has 0 saturated heterocycles. The minimum atomic E-state index is -0.513. The standard InChI is InChI=1S/C12H16ClN3O3/c1-2-15-12(17)5-6-14-8-9-3-4-10(13)11(7-9)16(18)19/h3-4,7,14H,2,5-6,8H2,1H3,(H,15,17). The van der Waals surface area contributed by atoms with E-state index in [2.05, 4.69) is 10.6 Å². The smallest absolute Gasteiger partial charge is 0.288 e. The Bertz CT molecular complexity index is 466. The summed E-state index contributed by atoms with van der Waals surface area (Å²) in [5, 5.41) is 16.6. The van der Waals surface area contributed by atoms with E-state index in [0.29, 0.717) is 26.1 Å². The van der Waals surface area contributed by atoms with Gasteiger partial charge in [-0.25, -0.2) is 0 Å². The molecule has 0 aliphatic carbocycles. The number of nitrogens with one attached hydrogen (secondary N) is 2. The number of carbonyl (C=O) groups excluding carboxylic acids is 1. The molecule has 104 valence electrons. The molecule has 7 heteroatoms. The Morgan fingerprint density at radius 3 is 2.84 bits per heavy atom. The minimum Gasteiger partial charge on any atom is -0.356 e. The maximum absolute atomic E-state index is 11.2. The first-order chi connectivity index (χ1) is 9.04. The molecule has 19 heavy (non-hydrogen) atoms. The summed E-state index contributed by atoms with van der Waals surface area (Å²) in [4.78, 5) is 21.4. The van der Waals surface area contributed by atoms with Crippen LogP contribution in [-0.4, -0.2) is 23.9 Å². The van der Waals surface area contributed by atoms with Gasteiger partial charge in [0.2, 0.25) is 5.91 Å². The monoisotopic (exact) mass is 285 g/mol. The van der Waals surface area contributed by atoms with Gasteiger partial charge in [-0.3, -0.25) is 14.9 Å². The van der Waals surface area contributed by atoms with E-state index in [9.17, 15) is 14.9 Å². The fraction of sp³-hybridized carbons (Fsp3) is 0.417. The number of nitro groups is 1. The largest absolute Gasteiger partial charge is 0.356 e. The van der Waals surface area contributed by atoms with Crippen molar-refractivity contribution in [2.45, 2.75) is 19.9 Å². The summed E-state index contributed by atoms with van der Waals surface area (Å²) >= 11 is 5.71. The van der Waals surface area contributed by atoms with E-state index in [1.165, 1.54) is 12.1 Å². The summed E-state index contributed by atoms with van der Waals surface area (Å²) in [6.07, 6.45) is 0.378.